The average Bonchev–Trinajstić information content (AvgIpc) is 3.36. The van der Waals surface area contributed by atoms with E-state index in [2.05, 4.69) is 22.1 Å². The van der Waals surface area contributed by atoms with Crippen LogP contribution in [0.2, 0.25) is 0 Å². The normalized spacial score (nSPS) is 17.1. The highest BCUT2D eigenvalue weighted by Crippen LogP contribution is 2.34. The summed E-state index contributed by atoms with van der Waals surface area (Å²) in [6.07, 6.45) is 5.42. The van der Waals surface area contributed by atoms with E-state index in [4.69, 9.17) is 4.74 Å². The van der Waals surface area contributed by atoms with Crippen LogP contribution >= 0.6 is 0 Å². The molecule has 3 N–H and O–H groups in total. The molecule has 2 amide bonds. The van der Waals surface area contributed by atoms with Crippen LogP contribution in [-0.2, 0) is 4.79 Å². The molecule has 0 bridgehead atoms. The van der Waals surface area contributed by atoms with Crippen molar-refractivity contribution in [3.8, 4) is 22.9 Å². The van der Waals surface area contributed by atoms with Gasteiger partial charge in [0.2, 0.25) is 0 Å². The number of piperidine rings is 1. The first kappa shape index (κ1) is 25.3. The van der Waals surface area contributed by atoms with Crippen LogP contribution in [0.15, 0.2) is 42.7 Å². The molecule has 10 nitrogen and oxygen atoms in total. The zero-order valence-corrected chi connectivity index (χ0v) is 21.1. The maximum Gasteiger partial charge on any atom is 0.407 e. The molecule has 0 radical (unpaired) electrons. The minimum absolute atomic E-state index is 0.119. The largest absolute Gasteiger partial charge is 0.489 e. The Morgan fingerprint density at radius 1 is 1.18 bits per heavy atom. The number of rotatable bonds is 5. The number of hydrogen-bond acceptors (Lipinski definition) is 6. The molecule has 196 valence electrons. The fourth-order valence-electron chi connectivity index (χ4n) is 5.05. The molecular weight excluding hydrogens is 486 g/mol. The van der Waals surface area contributed by atoms with E-state index in [1.54, 1.807) is 17.2 Å². The fourth-order valence-corrected chi connectivity index (χ4v) is 5.05. The van der Waals surface area contributed by atoms with E-state index in [9.17, 15) is 25.1 Å². The third-order valence-electron chi connectivity index (χ3n) is 7.20. The Balaban J connectivity index is 1.34. The number of H-pyrrole nitrogens is 1. The van der Waals surface area contributed by atoms with Gasteiger partial charge in [-0.05, 0) is 48.2 Å². The van der Waals surface area contributed by atoms with Crippen molar-refractivity contribution in [1.29, 1.82) is 5.26 Å². The number of benzene rings is 1. The maximum absolute atomic E-state index is 12.0. The number of nitriles is 1. The second-order valence-electron chi connectivity index (χ2n) is 9.67. The van der Waals surface area contributed by atoms with Crippen LogP contribution in [0.4, 0.5) is 4.79 Å². The van der Waals surface area contributed by atoms with E-state index in [0.717, 1.165) is 33.3 Å². The number of aromatic amines is 1. The van der Waals surface area contributed by atoms with Gasteiger partial charge in [-0.25, -0.2) is 9.78 Å². The number of hydrogen-bond donors (Lipinski definition) is 3. The zero-order valence-electron chi connectivity index (χ0n) is 21.1. The van der Waals surface area contributed by atoms with Crippen molar-refractivity contribution in [2.75, 3.05) is 26.2 Å². The number of carbonyl (C=O) groups is 2. The van der Waals surface area contributed by atoms with E-state index >= 15 is 0 Å². The van der Waals surface area contributed by atoms with Crippen molar-refractivity contribution in [3.05, 3.63) is 53.9 Å². The number of aromatic nitrogens is 2. The molecule has 3 aromatic rings. The van der Waals surface area contributed by atoms with Gasteiger partial charge in [-0.1, -0.05) is 12.1 Å². The number of nitrogens with zero attached hydrogens (tertiary/aromatic N) is 4. The molecule has 0 aliphatic carbocycles. The Labute approximate surface area is 219 Å². The van der Waals surface area contributed by atoms with Gasteiger partial charge in [0.05, 0.1) is 5.56 Å². The molecule has 0 spiro atoms. The molecule has 10 heteroatoms. The van der Waals surface area contributed by atoms with Crippen LogP contribution in [0.5, 0.6) is 5.75 Å². The lowest BCUT2D eigenvalue weighted by Gasteiger charge is -2.33. The molecule has 0 saturated carbocycles. The van der Waals surface area contributed by atoms with Crippen LogP contribution in [0.25, 0.3) is 27.7 Å². The molecule has 1 atom stereocenters. The van der Waals surface area contributed by atoms with Crippen molar-refractivity contribution < 1.29 is 24.5 Å². The van der Waals surface area contributed by atoms with Crippen LogP contribution in [0, 0.1) is 11.3 Å². The van der Waals surface area contributed by atoms with Gasteiger partial charge in [0, 0.05) is 62.4 Å². The molecule has 1 saturated heterocycles. The average molecular weight is 516 g/mol. The number of pyridine rings is 1. The number of carbonyl (C=O) groups excluding carboxylic acids is 1. The van der Waals surface area contributed by atoms with Crippen molar-refractivity contribution in [2.45, 2.75) is 38.4 Å². The standard InChI is InChI=1S/C28H29N5O5/c1-17(34)27(35)32-10-6-22(7-11-32)38-25-3-2-19(12-20(25)14-29)24-16-31-26-23(24)13-21(15-30-26)18-4-8-33(9-5-18)28(36)37/h2-4,12-13,15-17,22,34H,5-11H2,1H3,(H,30,31)(H,36,37)/t17-/m0/s1. The predicted octanol–water partition coefficient (Wildman–Crippen LogP) is 3.62. The highest BCUT2D eigenvalue weighted by atomic mass is 16.5. The van der Waals surface area contributed by atoms with Gasteiger partial charge < -0.3 is 29.7 Å². The lowest BCUT2D eigenvalue weighted by atomic mass is 9.98. The van der Waals surface area contributed by atoms with Crippen LogP contribution < -0.4 is 4.74 Å². The van der Waals surface area contributed by atoms with Crippen LogP contribution in [0.3, 0.4) is 0 Å². The molecule has 38 heavy (non-hydrogen) atoms. The minimum Gasteiger partial charge on any atom is -0.489 e. The summed E-state index contributed by atoms with van der Waals surface area (Å²) in [5, 5.41) is 29.5. The summed E-state index contributed by atoms with van der Waals surface area (Å²) < 4.78 is 6.15. The second-order valence-corrected chi connectivity index (χ2v) is 9.67. The third-order valence-corrected chi connectivity index (χ3v) is 7.20. The lowest BCUT2D eigenvalue weighted by Crippen LogP contribution is -2.45. The summed E-state index contributed by atoms with van der Waals surface area (Å²) in [4.78, 5) is 34.0. The quantitative estimate of drug-likeness (QED) is 0.471. The van der Waals surface area contributed by atoms with Crippen molar-refractivity contribution >= 4 is 28.6 Å². The summed E-state index contributed by atoms with van der Waals surface area (Å²) in [6.45, 7) is 3.28. The molecule has 1 aromatic carbocycles. The second kappa shape index (κ2) is 10.6. The van der Waals surface area contributed by atoms with Gasteiger partial charge in [0.1, 0.15) is 29.7 Å². The highest BCUT2D eigenvalue weighted by Gasteiger charge is 2.26. The molecule has 2 aromatic heterocycles. The summed E-state index contributed by atoms with van der Waals surface area (Å²) in [5.41, 5.74) is 4.92. The Hall–Kier alpha value is -4.36. The molecule has 5 rings (SSSR count). The number of amides is 2. The first-order valence-corrected chi connectivity index (χ1v) is 12.7. The van der Waals surface area contributed by atoms with Crippen molar-refractivity contribution in [1.82, 2.24) is 19.8 Å². The first-order valence-electron chi connectivity index (χ1n) is 12.7. The Morgan fingerprint density at radius 2 is 1.97 bits per heavy atom. The number of aliphatic hydroxyl groups excluding tert-OH is 1. The van der Waals surface area contributed by atoms with E-state index in [1.165, 1.54) is 11.8 Å². The smallest absolute Gasteiger partial charge is 0.407 e. The van der Waals surface area contributed by atoms with E-state index < -0.39 is 12.2 Å². The maximum atomic E-state index is 12.0. The van der Waals surface area contributed by atoms with Gasteiger partial charge in [-0.3, -0.25) is 4.79 Å². The van der Waals surface area contributed by atoms with E-state index in [1.807, 2.05) is 24.4 Å². The van der Waals surface area contributed by atoms with Gasteiger partial charge >= 0.3 is 6.09 Å². The molecule has 2 aliphatic heterocycles. The molecule has 0 unspecified atom stereocenters. The predicted molar refractivity (Wildman–Crippen MR) is 140 cm³/mol. The Morgan fingerprint density at radius 3 is 2.63 bits per heavy atom. The molecular formula is C28H29N5O5. The summed E-state index contributed by atoms with van der Waals surface area (Å²) in [7, 11) is 0. The number of likely N-dealkylation sites (tertiary alicyclic amines) is 1. The monoisotopic (exact) mass is 515 g/mol. The minimum atomic E-state index is -1.01. The topological polar surface area (TPSA) is 143 Å². The number of fused-ring (bicyclic) bond motifs is 1. The third kappa shape index (κ3) is 5.06. The van der Waals surface area contributed by atoms with Gasteiger partial charge in [0.15, 0.2) is 0 Å². The van der Waals surface area contributed by atoms with E-state index in [-0.39, 0.29) is 12.0 Å². The SMILES string of the molecule is C[C@H](O)C(=O)N1CCC(Oc2ccc(-c3c[nH]c4ncc(C5=CCN(C(=O)O)CC5)cc34)cc2C#N)CC1. The fraction of sp³-hybridized carbons (Fsp3) is 0.357. The molecule has 2 aliphatic rings. The summed E-state index contributed by atoms with van der Waals surface area (Å²) in [5.74, 6) is 0.231. The van der Waals surface area contributed by atoms with Crippen LogP contribution in [-0.4, -0.2) is 80.4 Å². The van der Waals surface area contributed by atoms with E-state index in [0.29, 0.717) is 56.8 Å². The highest BCUT2D eigenvalue weighted by molar-refractivity contribution is 5.95. The first-order chi connectivity index (χ1) is 18.3. The lowest BCUT2D eigenvalue weighted by molar-refractivity contribution is -0.141. The van der Waals surface area contributed by atoms with Gasteiger partial charge in [0.25, 0.3) is 5.91 Å². The number of ether oxygens (including phenoxy) is 1. The Bertz CT molecular complexity index is 1450. The number of carboxylic acid groups (broad SMARTS) is 1. The van der Waals surface area contributed by atoms with Gasteiger partial charge in [-0.2, -0.15) is 5.26 Å². The van der Waals surface area contributed by atoms with Crippen molar-refractivity contribution in [2.24, 2.45) is 0 Å². The number of nitrogens with one attached hydrogen (secondary N) is 1. The molecule has 1 fully saturated rings. The summed E-state index contributed by atoms with van der Waals surface area (Å²) >= 11 is 0. The zero-order chi connectivity index (χ0) is 26.8. The summed E-state index contributed by atoms with van der Waals surface area (Å²) in [6, 6.07) is 9.83. The molecule has 4 heterocycles. The van der Waals surface area contributed by atoms with Gasteiger partial charge in [-0.15, -0.1) is 0 Å². The Kier molecular flexibility index (Phi) is 7.03. The number of aliphatic hydroxyl groups is 1. The van der Waals surface area contributed by atoms with Crippen LogP contribution in [0.1, 0.15) is 37.3 Å². The van der Waals surface area contributed by atoms with Crippen molar-refractivity contribution in [3.63, 3.8) is 0 Å².